The van der Waals surface area contributed by atoms with Crippen molar-refractivity contribution in [3.05, 3.63) is 17.9 Å². The molecule has 0 spiro atoms. The Bertz CT molecular complexity index is 518. The molecule has 6 nitrogen and oxygen atoms in total. The lowest BCUT2D eigenvalue weighted by atomic mass is 10.2. The number of anilines is 2. The van der Waals surface area contributed by atoms with Crippen LogP contribution in [-0.4, -0.2) is 50.3 Å². The Morgan fingerprint density at radius 3 is 2.76 bits per heavy atom. The van der Waals surface area contributed by atoms with Crippen LogP contribution in [0.15, 0.2) is 12.1 Å². The summed E-state index contributed by atoms with van der Waals surface area (Å²) in [6, 6.07) is 2.08. The number of nitrogens with zero attached hydrogens (tertiary/aromatic N) is 1. The minimum Gasteiger partial charge on any atom is -0.495 e. The van der Waals surface area contributed by atoms with Gasteiger partial charge in [0.05, 0.1) is 31.7 Å². The molecule has 2 rings (SSSR count). The zero-order chi connectivity index (χ0) is 15.4. The Morgan fingerprint density at radius 2 is 2.14 bits per heavy atom. The van der Waals surface area contributed by atoms with Crippen LogP contribution in [0.3, 0.4) is 0 Å². The SMILES string of the molecule is COc1cc(NC(C)C(=O)N2CCOCC2)c(F)cc1N. The highest BCUT2D eigenvalue weighted by Crippen LogP contribution is 2.28. The lowest BCUT2D eigenvalue weighted by Gasteiger charge is -2.29. The van der Waals surface area contributed by atoms with Gasteiger partial charge in [-0.1, -0.05) is 0 Å². The van der Waals surface area contributed by atoms with E-state index in [4.69, 9.17) is 15.2 Å². The Hall–Kier alpha value is -2.02. The Labute approximate surface area is 123 Å². The van der Waals surface area contributed by atoms with Gasteiger partial charge in [0, 0.05) is 25.2 Å². The molecule has 1 saturated heterocycles. The van der Waals surface area contributed by atoms with Crippen LogP contribution in [0.25, 0.3) is 0 Å². The van der Waals surface area contributed by atoms with Gasteiger partial charge in [-0.05, 0) is 6.92 Å². The molecule has 0 aromatic heterocycles. The van der Waals surface area contributed by atoms with E-state index in [0.29, 0.717) is 32.1 Å². The summed E-state index contributed by atoms with van der Waals surface area (Å²) in [5.41, 5.74) is 6.03. The zero-order valence-electron chi connectivity index (χ0n) is 12.2. The van der Waals surface area contributed by atoms with Crippen LogP contribution < -0.4 is 15.8 Å². The van der Waals surface area contributed by atoms with E-state index < -0.39 is 11.9 Å². The quantitative estimate of drug-likeness (QED) is 0.813. The third-order valence-electron chi connectivity index (χ3n) is 3.38. The second-order valence-electron chi connectivity index (χ2n) is 4.88. The van der Waals surface area contributed by atoms with Crippen LogP contribution in [0.5, 0.6) is 5.75 Å². The zero-order valence-corrected chi connectivity index (χ0v) is 12.2. The van der Waals surface area contributed by atoms with Gasteiger partial charge in [-0.2, -0.15) is 0 Å². The maximum absolute atomic E-state index is 13.9. The number of hydrogen-bond donors (Lipinski definition) is 2. The topological polar surface area (TPSA) is 76.8 Å². The van der Waals surface area contributed by atoms with Crippen LogP contribution in [0.2, 0.25) is 0 Å². The second-order valence-corrected chi connectivity index (χ2v) is 4.88. The fourth-order valence-electron chi connectivity index (χ4n) is 2.21. The maximum atomic E-state index is 13.9. The van der Waals surface area contributed by atoms with Gasteiger partial charge in [-0.3, -0.25) is 4.79 Å². The van der Waals surface area contributed by atoms with Crippen molar-refractivity contribution in [1.82, 2.24) is 4.90 Å². The Kier molecular flexibility index (Phi) is 4.85. The normalized spacial score (nSPS) is 16.4. The first-order chi connectivity index (χ1) is 10.0. The number of morpholine rings is 1. The number of nitrogens with one attached hydrogen (secondary N) is 1. The molecule has 0 saturated carbocycles. The number of benzene rings is 1. The first-order valence-electron chi connectivity index (χ1n) is 6.79. The number of carbonyl (C=O) groups excluding carboxylic acids is 1. The monoisotopic (exact) mass is 297 g/mol. The summed E-state index contributed by atoms with van der Waals surface area (Å²) in [5, 5.41) is 2.87. The summed E-state index contributed by atoms with van der Waals surface area (Å²) in [6.45, 7) is 3.86. The van der Waals surface area contributed by atoms with Crippen LogP contribution in [-0.2, 0) is 9.53 Å². The van der Waals surface area contributed by atoms with E-state index >= 15 is 0 Å². The first-order valence-corrected chi connectivity index (χ1v) is 6.79. The molecule has 1 aliphatic rings. The van der Waals surface area contributed by atoms with Crippen molar-refractivity contribution >= 4 is 17.3 Å². The number of halogens is 1. The van der Waals surface area contributed by atoms with E-state index in [9.17, 15) is 9.18 Å². The van der Waals surface area contributed by atoms with Gasteiger partial charge in [0.25, 0.3) is 0 Å². The molecule has 21 heavy (non-hydrogen) atoms. The number of hydrogen-bond acceptors (Lipinski definition) is 5. The van der Waals surface area contributed by atoms with E-state index in [2.05, 4.69) is 5.32 Å². The third-order valence-corrected chi connectivity index (χ3v) is 3.38. The number of carbonyl (C=O) groups is 1. The number of nitrogen functional groups attached to an aromatic ring is 1. The molecule has 0 aliphatic carbocycles. The predicted molar refractivity (Wildman–Crippen MR) is 77.8 cm³/mol. The maximum Gasteiger partial charge on any atom is 0.244 e. The van der Waals surface area contributed by atoms with E-state index in [1.54, 1.807) is 11.8 Å². The molecule has 1 aromatic carbocycles. The number of ether oxygens (including phenoxy) is 2. The Morgan fingerprint density at radius 1 is 1.48 bits per heavy atom. The van der Waals surface area contributed by atoms with Gasteiger partial charge >= 0.3 is 0 Å². The van der Waals surface area contributed by atoms with Gasteiger partial charge in [0.1, 0.15) is 17.6 Å². The highest BCUT2D eigenvalue weighted by Gasteiger charge is 2.23. The largest absolute Gasteiger partial charge is 0.495 e. The van der Waals surface area contributed by atoms with Crippen LogP contribution in [0.4, 0.5) is 15.8 Å². The smallest absolute Gasteiger partial charge is 0.244 e. The molecule has 0 bridgehead atoms. The molecule has 1 amide bonds. The van der Waals surface area contributed by atoms with Gasteiger partial charge in [0.15, 0.2) is 0 Å². The molecule has 1 atom stereocenters. The lowest BCUT2D eigenvalue weighted by Crippen LogP contribution is -2.47. The van der Waals surface area contributed by atoms with E-state index in [0.717, 1.165) is 0 Å². The fraction of sp³-hybridized carbons (Fsp3) is 0.500. The van der Waals surface area contributed by atoms with Gasteiger partial charge in [0.2, 0.25) is 5.91 Å². The molecule has 1 unspecified atom stereocenters. The van der Waals surface area contributed by atoms with Crippen molar-refractivity contribution in [3.8, 4) is 5.75 Å². The van der Waals surface area contributed by atoms with Crippen molar-refractivity contribution in [2.45, 2.75) is 13.0 Å². The summed E-state index contributed by atoms with van der Waals surface area (Å²) in [7, 11) is 1.45. The standard InChI is InChI=1S/C14H20FN3O3/c1-9(14(19)18-3-5-21-6-4-18)17-12-8-13(20-2)11(16)7-10(12)15/h7-9,17H,3-6,16H2,1-2H3. The van der Waals surface area contributed by atoms with Crippen molar-refractivity contribution in [2.24, 2.45) is 0 Å². The van der Waals surface area contributed by atoms with Crippen molar-refractivity contribution in [2.75, 3.05) is 44.5 Å². The predicted octanol–water partition coefficient (Wildman–Crippen LogP) is 1.08. The van der Waals surface area contributed by atoms with Crippen molar-refractivity contribution in [3.63, 3.8) is 0 Å². The fourth-order valence-corrected chi connectivity index (χ4v) is 2.21. The minimum atomic E-state index is -0.550. The molecule has 1 fully saturated rings. The molecule has 3 N–H and O–H groups in total. The average molecular weight is 297 g/mol. The van der Waals surface area contributed by atoms with Crippen molar-refractivity contribution in [1.29, 1.82) is 0 Å². The molecule has 1 heterocycles. The first kappa shape index (κ1) is 15.4. The minimum absolute atomic E-state index is 0.0894. The number of nitrogens with two attached hydrogens (primary N) is 1. The van der Waals surface area contributed by atoms with E-state index in [1.807, 2.05) is 0 Å². The summed E-state index contributed by atoms with van der Waals surface area (Å²) < 4.78 is 24.2. The lowest BCUT2D eigenvalue weighted by molar-refractivity contribution is -0.135. The average Bonchev–Trinajstić information content (AvgIpc) is 2.50. The van der Waals surface area contributed by atoms with Crippen molar-refractivity contribution < 1.29 is 18.7 Å². The second kappa shape index (κ2) is 6.62. The molecule has 1 aliphatic heterocycles. The summed E-state index contributed by atoms with van der Waals surface area (Å²) in [5.74, 6) is -0.242. The molecular formula is C14H20FN3O3. The number of methoxy groups -OCH3 is 1. The number of rotatable bonds is 4. The van der Waals surface area contributed by atoms with E-state index in [1.165, 1.54) is 19.2 Å². The van der Waals surface area contributed by atoms with Crippen LogP contribution >= 0.6 is 0 Å². The summed E-state index contributed by atoms with van der Waals surface area (Å²) in [6.07, 6.45) is 0. The Balaban J connectivity index is 2.08. The molecule has 1 aromatic rings. The van der Waals surface area contributed by atoms with Crippen LogP contribution in [0.1, 0.15) is 6.92 Å². The van der Waals surface area contributed by atoms with Crippen LogP contribution in [0, 0.1) is 5.82 Å². The molecule has 0 radical (unpaired) electrons. The van der Waals surface area contributed by atoms with Gasteiger partial charge in [-0.25, -0.2) is 4.39 Å². The highest BCUT2D eigenvalue weighted by molar-refractivity contribution is 5.84. The van der Waals surface area contributed by atoms with Gasteiger partial charge in [-0.15, -0.1) is 0 Å². The molecule has 7 heteroatoms. The summed E-state index contributed by atoms with van der Waals surface area (Å²) >= 11 is 0. The highest BCUT2D eigenvalue weighted by atomic mass is 19.1. The van der Waals surface area contributed by atoms with E-state index in [-0.39, 0.29) is 17.3 Å². The molecule has 116 valence electrons. The third kappa shape index (κ3) is 3.55. The summed E-state index contributed by atoms with van der Waals surface area (Å²) in [4.78, 5) is 14.0. The number of amides is 1. The molecular weight excluding hydrogens is 277 g/mol. The van der Waals surface area contributed by atoms with Gasteiger partial charge < -0.3 is 25.4 Å².